The standard InChI is InChI=1S/C14H18FN3O3/c1-9-7-17(8-10(2)16(9)3)14(19)12-6-11(15)4-5-13(12)18(20)21/h4-6,9-10H,7-8H2,1-3H3. The largest absolute Gasteiger partial charge is 0.335 e. The number of amides is 1. The summed E-state index contributed by atoms with van der Waals surface area (Å²) >= 11 is 0. The highest BCUT2D eigenvalue weighted by molar-refractivity contribution is 5.98. The highest BCUT2D eigenvalue weighted by atomic mass is 19.1. The molecule has 1 aliphatic rings. The molecule has 6 nitrogen and oxygen atoms in total. The molecule has 7 heteroatoms. The number of benzene rings is 1. The molecule has 1 amide bonds. The smallest absolute Gasteiger partial charge is 0.282 e. The van der Waals surface area contributed by atoms with Crippen molar-refractivity contribution in [2.75, 3.05) is 20.1 Å². The molecule has 0 saturated carbocycles. The van der Waals surface area contributed by atoms with Gasteiger partial charge in [0.1, 0.15) is 11.4 Å². The lowest BCUT2D eigenvalue weighted by molar-refractivity contribution is -0.385. The molecule has 0 aromatic heterocycles. The van der Waals surface area contributed by atoms with Gasteiger partial charge in [-0.1, -0.05) is 0 Å². The first-order chi connectivity index (χ1) is 9.81. The maximum atomic E-state index is 13.4. The molecule has 1 saturated heterocycles. The number of piperazine rings is 1. The minimum Gasteiger partial charge on any atom is -0.335 e. The third-order valence-corrected chi connectivity index (χ3v) is 4.03. The fourth-order valence-corrected chi connectivity index (χ4v) is 2.58. The van der Waals surface area contributed by atoms with Crippen LogP contribution in [-0.4, -0.2) is 52.9 Å². The van der Waals surface area contributed by atoms with Crippen molar-refractivity contribution in [3.05, 3.63) is 39.7 Å². The fourth-order valence-electron chi connectivity index (χ4n) is 2.58. The summed E-state index contributed by atoms with van der Waals surface area (Å²) in [5, 5.41) is 11.0. The van der Waals surface area contributed by atoms with Gasteiger partial charge in [0.15, 0.2) is 0 Å². The molecular weight excluding hydrogens is 277 g/mol. The van der Waals surface area contributed by atoms with Gasteiger partial charge in [-0.2, -0.15) is 0 Å². The summed E-state index contributed by atoms with van der Waals surface area (Å²) in [4.78, 5) is 26.6. The van der Waals surface area contributed by atoms with Gasteiger partial charge in [-0.25, -0.2) is 4.39 Å². The molecule has 0 bridgehead atoms. The third-order valence-electron chi connectivity index (χ3n) is 4.03. The molecule has 0 radical (unpaired) electrons. The van der Waals surface area contributed by atoms with Gasteiger partial charge in [-0.05, 0) is 33.0 Å². The van der Waals surface area contributed by atoms with Crippen LogP contribution in [0.5, 0.6) is 0 Å². The monoisotopic (exact) mass is 295 g/mol. The highest BCUT2D eigenvalue weighted by Gasteiger charge is 2.32. The maximum Gasteiger partial charge on any atom is 0.282 e. The van der Waals surface area contributed by atoms with Crippen molar-refractivity contribution in [2.24, 2.45) is 0 Å². The summed E-state index contributed by atoms with van der Waals surface area (Å²) in [7, 11) is 1.97. The number of nitro benzene ring substituents is 1. The van der Waals surface area contributed by atoms with Crippen molar-refractivity contribution in [3.63, 3.8) is 0 Å². The molecule has 1 heterocycles. The molecule has 0 spiro atoms. The van der Waals surface area contributed by atoms with Crippen molar-refractivity contribution in [1.29, 1.82) is 0 Å². The lowest BCUT2D eigenvalue weighted by atomic mass is 10.1. The van der Waals surface area contributed by atoms with Crippen molar-refractivity contribution < 1.29 is 14.1 Å². The first-order valence-electron chi connectivity index (χ1n) is 6.76. The van der Waals surface area contributed by atoms with Crippen molar-refractivity contribution >= 4 is 11.6 Å². The van der Waals surface area contributed by atoms with E-state index in [0.29, 0.717) is 13.1 Å². The average molecular weight is 295 g/mol. The molecule has 0 aliphatic carbocycles. The Bertz CT molecular complexity index is 567. The second kappa shape index (κ2) is 5.77. The number of hydrogen-bond donors (Lipinski definition) is 0. The Hall–Kier alpha value is -2.02. The van der Waals surface area contributed by atoms with Crippen molar-refractivity contribution in [3.8, 4) is 0 Å². The van der Waals surface area contributed by atoms with E-state index in [0.717, 1.165) is 18.2 Å². The number of carbonyl (C=O) groups is 1. The van der Waals surface area contributed by atoms with Crippen LogP contribution >= 0.6 is 0 Å². The topological polar surface area (TPSA) is 66.7 Å². The van der Waals surface area contributed by atoms with Crippen LogP contribution in [0.3, 0.4) is 0 Å². The Morgan fingerprint density at radius 1 is 1.33 bits per heavy atom. The number of carbonyl (C=O) groups excluding carboxylic acids is 1. The Labute approximate surface area is 122 Å². The van der Waals surface area contributed by atoms with Gasteiger partial charge < -0.3 is 4.90 Å². The summed E-state index contributed by atoms with van der Waals surface area (Å²) in [6.45, 7) is 4.90. The second-order valence-corrected chi connectivity index (χ2v) is 5.49. The van der Waals surface area contributed by atoms with Crippen LogP contribution in [0.1, 0.15) is 24.2 Å². The quantitative estimate of drug-likeness (QED) is 0.617. The Morgan fingerprint density at radius 2 is 1.90 bits per heavy atom. The van der Waals surface area contributed by atoms with E-state index >= 15 is 0 Å². The second-order valence-electron chi connectivity index (χ2n) is 5.49. The summed E-state index contributed by atoms with van der Waals surface area (Å²) in [5.74, 6) is -1.15. The number of nitrogens with zero attached hydrogens (tertiary/aromatic N) is 3. The SMILES string of the molecule is CC1CN(C(=O)c2cc(F)ccc2[N+](=O)[O-])CC(C)N1C. The van der Waals surface area contributed by atoms with Crippen LogP contribution in [0.2, 0.25) is 0 Å². The number of hydrogen-bond acceptors (Lipinski definition) is 4. The fraction of sp³-hybridized carbons (Fsp3) is 0.500. The zero-order chi connectivity index (χ0) is 15.7. The van der Waals surface area contributed by atoms with Gasteiger partial charge in [0.05, 0.1) is 4.92 Å². The molecule has 1 aliphatic heterocycles. The van der Waals surface area contributed by atoms with Gasteiger partial charge in [-0.15, -0.1) is 0 Å². The zero-order valence-electron chi connectivity index (χ0n) is 12.2. The van der Waals surface area contributed by atoms with Crippen LogP contribution < -0.4 is 0 Å². The van der Waals surface area contributed by atoms with E-state index in [9.17, 15) is 19.3 Å². The summed E-state index contributed by atoms with van der Waals surface area (Å²) in [6, 6.07) is 3.25. The predicted octanol–water partition coefficient (Wildman–Crippen LogP) is 1.90. The lowest BCUT2D eigenvalue weighted by Crippen LogP contribution is -2.56. The maximum absolute atomic E-state index is 13.4. The molecule has 114 valence electrons. The number of nitro groups is 1. The van der Waals surface area contributed by atoms with Gasteiger partial charge in [0.25, 0.3) is 11.6 Å². The number of halogens is 1. The molecule has 2 unspecified atom stereocenters. The summed E-state index contributed by atoms with van der Waals surface area (Å²) < 4.78 is 13.4. The van der Waals surface area contributed by atoms with E-state index in [1.807, 2.05) is 20.9 Å². The van der Waals surface area contributed by atoms with E-state index in [2.05, 4.69) is 4.90 Å². The molecule has 1 aromatic carbocycles. The van der Waals surface area contributed by atoms with E-state index in [-0.39, 0.29) is 23.3 Å². The van der Waals surface area contributed by atoms with E-state index in [1.165, 1.54) is 0 Å². The first kappa shape index (κ1) is 15.4. The Morgan fingerprint density at radius 3 is 2.43 bits per heavy atom. The van der Waals surface area contributed by atoms with E-state index < -0.39 is 16.6 Å². The number of likely N-dealkylation sites (N-methyl/N-ethyl adjacent to an activating group) is 1. The van der Waals surface area contributed by atoms with Gasteiger partial charge in [0, 0.05) is 31.2 Å². The van der Waals surface area contributed by atoms with Crippen LogP contribution in [0.4, 0.5) is 10.1 Å². The minimum atomic E-state index is -0.657. The summed E-state index contributed by atoms with van der Waals surface area (Å²) in [6.07, 6.45) is 0. The zero-order valence-corrected chi connectivity index (χ0v) is 12.2. The average Bonchev–Trinajstić information content (AvgIpc) is 2.42. The normalized spacial score (nSPS) is 23.1. The predicted molar refractivity (Wildman–Crippen MR) is 75.6 cm³/mol. The van der Waals surface area contributed by atoms with Crippen LogP contribution in [0, 0.1) is 15.9 Å². The summed E-state index contributed by atoms with van der Waals surface area (Å²) in [5.41, 5.74) is -0.551. The minimum absolute atomic E-state index is 0.144. The first-order valence-corrected chi connectivity index (χ1v) is 6.76. The van der Waals surface area contributed by atoms with Crippen LogP contribution in [-0.2, 0) is 0 Å². The molecule has 0 N–H and O–H groups in total. The van der Waals surface area contributed by atoms with Gasteiger partial charge in [0.2, 0.25) is 0 Å². The van der Waals surface area contributed by atoms with E-state index in [4.69, 9.17) is 0 Å². The number of rotatable bonds is 2. The van der Waals surface area contributed by atoms with Gasteiger partial charge >= 0.3 is 0 Å². The van der Waals surface area contributed by atoms with Crippen LogP contribution in [0.25, 0.3) is 0 Å². The molecular formula is C14H18FN3O3. The molecule has 1 aromatic rings. The molecule has 2 atom stereocenters. The Balaban J connectivity index is 2.32. The molecule has 2 rings (SSSR count). The Kier molecular flexibility index (Phi) is 4.22. The molecule has 21 heavy (non-hydrogen) atoms. The van der Waals surface area contributed by atoms with E-state index in [1.54, 1.807) is 4.90 Å². The van der Waals surface area contributed by atoms with Crippen LogP contribution in [0.15, 0.2) is 18.2 Å². The molecule has 1 fully saturated rings. The van der Waals surface area contributed by atoms with Gasteiger partial charge in [-0.3, -0.25) is 19.8 Å². The lowest BCUT2D eigenvalue weighted by Gasteiger charge is -2.42. The third kappa shape index (κ3) is 3.02. The van der Waals surface area contributed by atoms with Crippen molar-refractivity contribution in [1.82, 2.24) is 9.80 Å². The van der Waals surface area contributed by atoms with Crippen molar-refractivity contribution in [2.45, 2.75) is 25.9 Å². The highest BCUT2D eigenvalue weighted by Crippen LogP contribution is 2.23.